The van der Waals surface area contributed by atoms with Gasteiger partial charge in [-0.25, -0.2) is 9.78 Å². The first-order chi connectivity index (χ1) is 46.8. The summed E-state index contributed by atoms with van der Waals surface area (Å²) >= 11 is 0. The Bertz CT molecular complexity index is 3620. The molecule has 1 unspecified atom stereocenters. The second kappa shape index (κ2) is 36.3. The molecule has 3 atom stereocenters. The normalized spacial score (nSPS) is 14.8. The van der Waals surface area contributed by atoms with E-state index >= 15 is 0 Å². The molecule has 0 spiro atoms. The molecule has 0 radical (unpaired) electrons. The number of ether oxygens (including phenoxy) is 11. The number of imidazole rings is 1. The Morgan fingerprint density at radius 2 is 1.39 bits per heavy atom. The first-order valence-corrected chi connectivity index (χ1v) is 33.2. The van der Waals surface area contributed by atoms with Crippen molar-refractivity contribution in [2.75, 3.05) is 128 Å². The van der Waals surface area contributed by atoms with Gasteiger partial charge in [0.25, 0.3) is 5.91 Å². The Morgan fingerprint density at radius 3 is 2.10 bits per heavy atom. The van der Waals surface area contributed by atoms with Gasteiger partial charge in [0.2, 0.25) is 17.6 Å². The van der Waals surface area contributed by atoms with Crippen molar-refractivity contribution in [3.8, 4) is 51.4 Å². The topological polar surface area (TPSA) is 244 Å². The largest absolute Gasteiger partial charge is 0.493 e. The van der Waals surface area contributed by atoms with Crippen LogP contribution < -0.4 is 43.8 Å². The van der Waals surface area contributed by atoms with Gasteiger partial charge in [0.1, 0.15) is 41.8 Å². The lowest BCUT2D eigenvalue weighted by Crippen LogP contribution is -2.50. The molecule has 516 valence electrons. The second-order valence-corrected chi connectivity index (χ2v) is 23.7. The van der Waals surface area contributed by atoms with E-state index in [-0.39, 0.29) is 63.7 Å². The van der Waals surface area contributed by atoms with Gasteiger partial charge in [-0.3, -0.25) is 19.3 Å². The van der Waals surface area contributed by atoms with Crippen molar-refractivity contribution < 1.29 is 75.8 Å². The van der Waals surface area contributed by atoms with Crippen molar-refractivity contribution in [1.82, 2.24) is 35.1 Å². The summed E-state index contributed by atoms with van der Waals surface area (Å²) in [6.45, 7) is 13.0. The summed E-state index contributed by atoms with van der Waals surface area (Å²) in [5.41, 5.74) is 8.42. The number of hydrogen-bond donors (Lipinski definition) is 2. The summed E-state index contributed by atoms with van der Waals surface area (Å²) in [5.74, 6) is 3.59. The second-order valence-electron chi connectivity index (χ2n) is 23.7. The molecule has 3 amide bonds. The van der Waals surface area contributed by atoms with E-state index in [2.05, 4.69) is 55.6 Å². The predicted molar refractivity (Wildman–Crippen MR) is 361 cm³/mol. The molecule has 2 aliphatic rings. The van der Waals surface area contributed by atoms with Crippen molar-refractivity contribution in [1.29, 1.82) is 0 Å². The van der Waals surface area contributed by atoms with Crippen molar-refractivity contribution >= 4 is 34.7 Å². The van der Waals surface area contributed by atoms with E-state index in [0.29, 0.717) is 91.0 Å². The number of aromatic nitrogens is 3. The van der Waals surface area contributed by atoms with Crippen LogP contribution in [0.5, 0.6) is 40.2 Å². The average molecular weight is 1320 g/mol. The van der Waals surface area contributed by atoms with E-state index in [0.717, 1.165) is 116 Å². The molecule has 23 nitrogen and oxygen atoms in total. The molecule has 2 aliphatic heterocycles. The standard InChI is InChI=1S/C73H93N7O16/c1-9-58(55-46-65(87-6)71(89-8)66(47-55)88-7)72(83)80-31-11-10-15-61(80)73(84)95-62(25-18-52-19-26-63(85-4)64(43-52)86-5)53-13-12-14-57(44-53)94-48-69(82)75-29-37-91-42-41-90-36-28-68(81)74-30-38-93-56-22-16-51(17-23-56)20-27-67-76-59-45-54(70-49(2)77-96-50(70)3)21-24-60(59)79(67)33-32-78-34-39-92-40-35-78/h12-14,16-17,19,21-24,26,43-47,58,61-62H,9-11,15,18,20,25,27-42,48H2,1-8H3,(H,74,81)(H,75,82)/t58-,61-,62?/m0/s1. The number of amides is 3. The minimum atomic E-state index is -0.822. The van der Waals surface area contributed by atoms with E-state index in [1.807, 2.05) is 57.2 Å². The first-order valence-electron chi connectivity index (χ1n) is 33.2. The van der Waals surface area contributed by atoms with E-state index < -0.39 is 24.0 Å². The zero-order valence-corrected chi connectivity index (χ0v) is 56.7. The van der Waals surface area contributed by atoms with E-state index in [1.54, 1.807) is 49.5 Å². The van der Waals surface area contributed by atoms with Crippen molar-refractivity contribution in [2.24, 2.45) is 0 Å². The number of morpholine rings is 1. The van der Waals surface area contributed by atoms with E-state index in [1.165, 1.54) is 26.9 Å². The van der Waals surface area contributed by atoms with Gasteiger partial charge in [-0.2, -0.15) is 0 Å². The fourth-order valence-corrected chi connectivity index (χ4v) is 12.3. The van der Waals surface area contributed by atoms with Crippen LogP contribution in [0.15, 0.2) is 102 Å². The van der Waals surface area contributed by atoms with Crippen LogP contribution in [0, 0.1) is 13.8 Å². The minimum Gasteiger partial charge on any atom is -0.493 e. The number of methoxy groups -OCH3 is 5. The number of piperidine rings is 1. The summed E-state index contributed by atoms with van der Waals surface area (Å²) in [5, 5.41) is 9.86. The molecular formula is C73H93N7O16. The van der Waals surface area contributed by atoms with Gasteiger partial charge in [0.05, 0.1) is 104 Å². The fraction of sp³-hybridized carbons (Fsp3) is 0.479. The van der Waals surface area contributed by atoms with Crippen LogP contribution >= 0.6 is 0 Å². The molecule has 0 saturated carbocycles. The predicted octanol–water partition coefficient (Wildman–Crippen LogP) is 9.37. The Balaban J connectivity index is 0.671. The number of nitrogens with one attached hydrogen (secondary N) is 2. The molecule has 2 aromatic heterocycles. The van der Waals surface area contributed by atoms with E-state index in [9.17, 15) is 19.2 Å². The van der Waals surface area contributed by atoms with Crippen LogP contribution in [-0.2, 0) is 63.9 Å². The quantitative estimate of drug-likeness (QED) is 0.0272. The Labute approximate surface area is 562 Å². The third-order valence-electron chi connectivity index (χ3n) is 17.4. The van der Waals surface area contributed by atoms with Crippen LogP contribution in [0.25, 0.3) is 22.2 Å². The summed E-state index contributed by atoms with van der Waals surface area (Å²) in [6.07, 6.45) is 4.27. The van der Waals surface area contributed by atoms with Gasteiger partial charge in [-0.1, -0.05) is 48.5 Å². The monoisotopic (exact) mass is 1320 g/mol. The highest BCUT2D eigenvalue weighted by molar-refractivity contribution is 5.89. The molecule has 2 N–H and O–H groups in total. The number of hydrogen-bond acceptors (Lipinski definition) is 19. The first kappa shape index (κ1) is 71.4. The molecular weight excluding hydrogens is 1230 g/mol. The third kappa shape index (κ3) is 19.4. The smallest absolute Gasteiger partial charge is 0.329 e. The number of carbonyl (C=O) groups is 4. The number of aryl methyl sites for hydroxylation is 5. The van der Waals surface area contributed by atoms with Crippen LogP contribution in [-0.4, -0.2) is 182 Å². The third-order valence-corrected chi connectivity index (χ3v) is 17.4. The highest BCUT2D eigenvalue weighted by atomic mass is 16.6. The maximum absolute atomic E-state index is 14.6. The number of fused-ring (bicyclic) bond motifs is 1. The Hall–Kier alpha value is -8.90. The fourth-order valence-electron chi connectivity index (χ4n) is 12.3. The molecule has 2 fully saturated rings. The lowest BCUT2D eigenvalue weighted by atomic mass is 9.91. The van der Waals surface area contributed by atoms with Gasteiger partial charge in [-0.05, 0) is 147 Å². The van der Waals surface area contributed by atoms with Crippen molar-refractivity contribution in [3.05, 3.63) is 137 Å². The van der Waals surface area contributed by atoms with Crippen molar-refractivity contribution in [3.63, 3.8) is 0 Å². The Kier molecular flexibility index (Phi) is 27.0. The number of nitrogens with zero attached hydrogens (tertiary/aromatic N) is 5. The maximum Gasteiger partial charge on any atom is 0.329 e. The zero-order valence-electron chi connectivity index (χ0n) is 56.7. The summed E-state index contributed by atoms with van der Waals surface area (Å²) in [6, 6.07) is 30.0. The molecule has 5 aromatic carbocycles. The molecule has 23 heteroatoms. The van der Waals surface area contributed by atoms with Crippen LogP contribution in [0.2, 0.25) is 0 Å². The van der Waals surface area contributed by atoms with Gasteiger partial charge in [0.15, 0.2) is 29.6 Å². The average Bonchev–Trinajstić information content (AvgIpc) is 1.78. The molecule has 0 aliphatic carbocycles. The van der Waals surface area contributed by atoms with Gasteiger partial charge >= 0.3 is 5.97 Å². The lowest BCUT2D eigenvalue weighted by Gasteiger charge is -2.37. The molecule has 4 heterocycles. The van der Waals surface area contributed by atoms with Crippen LogP contribution in [0.1, 0.15) is 97.0 Å². The summed E-state index contributed by atoms with van der Waals surface area (Å²) < 4.78 is 70.9. The lowest BCUT2D eigenvalue weighted by molar-refractivity contribution is -0.162. The van der Waals surface area contributed by atoms with E-state index in [4.69, 9.17) is 61.6 Å². The van der Waals surface area contributed by atoms with Gasteiger partial charge < -0.3 is 76.7 Å². The highest BCUT2D eigenvalue weighted by Gasteiger charge is 2.38. The molecule has 9 rings (SSSR count). The highest BCUT2D eigenvalue weighted by Crippen LogP contribution is 2.42. The molecule has 7 aromatic rings. The number of esters is 1. The van der Waals surface area contributed by atoms with Crippen molar-refractivity contribution in [2.45, 2.75) is 103 Å². The summed E-state index contributed by atoms with van der Waals surface area (Å²) in [4.78, 5) is 63.9. The molecule has 2 saturated heterocycles. The Morgan fingerprint density at radius 1 is 0.656 bits per heavy atom. The number of benzene rings is 5. The van der Waals surface area contributed by atoms with Gasteiger partial charge in [-0.15, -0.1) is 0 Å². The minimum absolute atomic E-state index is 0.149. The number of rotatable bonds is 37. The molecule has 0 bridgehead atoms. The summed E-state index contributed by atoms with van der Waals surface area (Å²) in [7, 11) is 7.73. The SMILES string of the molecule is CC[C@H](C(=O)N1CCCC[C@H]1C(=O)OC(CCc1ccc(OC)c(OC)c1)c1cccc(OCC(=O)NCCOCCOCCC(=O)NCCOc2ccc(CCc3nc4cc(-c5c(C)noc5C)ccc4n3CCN3CCOCC3)cc2)c1)c1cc(OC)c(OC)c(OC)c1. The van der Waals surface area contributed by atoms with Crippen LogP contribution in [0.4, 0.5) is 0 Å². The van der Waals surface area contributed by atoms with Crippen LogP contribution in [0.3, 0.4) is 0 Å². The van der Waals surface area contributed by atoms with Gasteiger partial charge in [0, 0.05) is 57.7 Å². The number of likely N-dealkylation sites (tertiary alicyclic amines) is 1. The zero-order chi connectivity index (χ0) is 67.8. The number of carbonyl (C=O) groups excluding carboxylic acids is 4. The maximum atomic E-state index is 14.6. The molecule has 96 heavy (non-hydrogen) atoms.